The van der Waals surface area contributed by atoms with E-state index in [0.29, 0.717) is 33.5 Å². The lowest BCUT2D eigenvalue weighted by molar-refractivity contribution is -0.139. The molecule has 1 N–H and O–H groups in total. The molecule has 3 rings (SSSR count). The van der Waals surface area contributed by atoms with E-state index in [1.165, 1.54) is 19.1 Å². The van der Waals surface area contributed by atoms with Crippen molar-refractivity contribution < 1.29 is 28.5 Å². The van der Waals surface area contributed by atoms with E-state index in [9.17, 15) is 9.59 Å². The SMILES string of the molecule is CCOC(=O)C1=C(COc2cccc(Cl)c2)N(C)C(=O)N[C@H]1c1cc(OC)ccc1OC. The molecule has 0 saturated heterocycles. The van der Waals surface area contributed by atoms with E-state index in [1.54, 1.807) is 56.4 Å². The molecule has 170 valence electrons. The van der Waals surface area contributed by atoms with E-state index in [1.807, 2.05) is 0 Å². The van der Waals surface area contributed by atoms with E-state index >= 15 is 0 Å². The van der Waals surface area contributed by atoms with Gasteiger partial charge >= 0.3 is 12.0 Å². The Balaban J connectivity index is 2.11. The zero-order valence-electron chi connectivity index (χ0n) is 18.3. The van der Waals surface area contributed by atoms with Gasteiger partial charge in [-0.25, -0.2) is 9.59 Å². The molecule has 0 fully saturated rings. The number of methoxy groups -OCH3 is 2. The molecule has 8 nitrogen and oxygen atoms in total. The third-order valence-electron chi connectivity index (χ3n) is 4.99. The van der Waals surface area contributed by atoms with Gasteiger partial charge in [-0.1, -0.05) is 17.7 Å². The van der Waals surface area contributed by atoms with Gasteiger partial charge in [0.25, 0.3) is 0 Å². The number of amides is 2. The number of ether oxygens (including phenoxy) is 4. The van der Waals surface area contributed by atoms with Crippen molar-refractivity contribution in [2.45, 2.75) is 13.0 Å². The van der Waals surface area contributed by atoms with Gasteiger partial charge in [-0.05, 0) is 43.3 Å². The van der Waals surface area contributed by atoms with Gasteiger partial charge in [0.15, 0.2) is 0 Å². The van der Waals surface area contributed by atoms with E-state index in [-0.39, 0.29) is 18.8 Å². The highest BCUT2D eigenvalue weighted by atomic mass is 35.5. The lowest BCUT2D eigenvalue weighted by Crippen LogP contribution is -2.48. The van der Waals surface area contributed by atoms with Crippen LogP contribution in [0.4, 0.5) is 4.79 Å². The van der Waals surface area contributed by atoms with Crippen molar-refractivity contribution in [3.8, 4) is 17.2 Å². The summed E-state index contributed by atoms with van der Waals surface area (Å²) in [5.41, 5.74) is 1.15. The van der Waals surface area contributed by atoms with Crippen LogP contribution < -0.4 is 19.5 Å². The zero-order valence-corrected chi connectivity index (χ0v) is 19.1. The molecule has 0 unspecified atom stereocenters. The van der Waals surface area contributed by atoms with Crippen molar-refractivity contribution in [2.24, 2.45) is 0 Å². The van der Waals surface area contributed by atoms with Crippen LogP contribution in [0.15, 0.2) is 53.7 Å². The highest BCUT2D eigenvalue weighted by Crippen LogP contribution is 2.37. The summed E-state index contributed by atoms with van der Waals surface area (Å²) in [5.74, 6) is 0.966. The Morgan fingerprint density at radius 3 is 2.56 bits per heavy atom. The van der Waals surface area contributed by atoms with Crippen LogP contribution in [0.25, 0.3) is 0 Å². The average Bonchev–Trinajstić information content (AvgIpc) is 2.79. The summed E-state index contributed by atoms with van der Waals surface area (Å²) < 4.78 is 22.0. The molecule has 0 aliphatic carbocycles. The topological polar surface area (TPSA) is 86.3 Å². The number of carbonyl (C=O) groups is 2. The van der Waals surface area contributed by atoms with Crippen molar-refractivity contribution in [1.29, 1.82) is 0 Å². The Hall–Kier alpha value is -3.39. The number of benzene rings is 2. The molecule has 0 saturated carbocycles. The van der Waals surface area contributed by atoms with Gasteiger partial charge in [-0.2, -0.15) is 0 Å². The number of nitrogens with zero attached hydrogens (tertiary/aromatic N) is 1. The summed E-state index contributed by atoms with van der Waals surface area (Å²) in [6, 6.07) is 10.8. The fraction of sp³-hybridized carbons (Fsp3) is 0.304. The normalized spacial score (nSPS) is 15.8. The first-order chi connectivity index (χ1) is 15.4. The largest absolute Gasteiger partial charge is 0.497 e. The average molecular weight is 461 g/mol. The van der Waals surface area contributed by atoms with Crippen LogP contribution in [0.1, 0.15) is 18.5 Å². The van der Waals surface area contributed by atoms with Crippen molar-refractivity contribution in [3.63, 3.8) is 0 Å². The minimum atomic E-state index is -0.833. The molecule has 32 heavy (non-hydrogen) atoms. The molecule has 1 atom stereocenters. The molecule has 2 aromatic carbocycles. The number of hydrogen-bond donors (Lipinski definition) is 1. The predicted octanol–water partition coefficient (Wildman–Crippen LogP) is 3.95. The number of hydrogen-bond acceptors (Lipinski definition) is 6. The molecule has 2 aromatic rings. The predicted molar refractivity (Wildman–Crippen MR) is 119 cm³/mol. The molecule has 2 amide bonds. The van der Waals surface area contributed by atoms with Crippen LogP contribution in [0.3, 0.4) is 0 Å². The smallest absolute Gasteiger partial charge is 0.338 e. The van der Waals surface area contributed by atoms with Gasteiger partial charge < -0.3 is 24.3 Å². The van der Waals surface area contributed by atoms with Crippen LogP contribution in [0, 0.1) is 0 Å². The maximum absolute atomic E-state index is 13.1. The van der Waals surface area contributed by atoms with Gasteiger partial charge in [0, 0.05) is 17.6 Å². The van der Waals surface area contributed by atoms with Crippen LogP contribution in [-0.4, -0.2) is 51.4 Å². The third-order valence-corrected chi connectivity index (χ3v) is 5.23. The summed E-state index contributed by atoms with van der Waals surface area (Å²) in [5, 5.41) is 3.36. The Labute approximate surface area is 191 Å². The number of likely N-dealkylation sites (N-methyl/N-ethyl adjacent to an activating group) is 1. The zero-order chi connectivity index (χ0) is 23.3. The third kappa shape index (κ3) is 4.91. The van der Waals surface area contributed by atoms with Gasteiger partial charge in [-0.3, -0.25) is 4.90 Å². The standard InChI is InChI=1S/C23H25ClN2O6/c1-5-31-22(27)20-18(13-32-16-8-6-7-14(24)11-16)26(2)23(28)25-21(20)17-12-15(29-3)9-10-19(17)30-4/h6-12,21H,5,13H2,1-4H3,(H,25,28)/t21-/m0/s1. The fourth-order valence-electron chi connectivity index (χ4n) is 3.39. The number of esters is 1. The summed E-state index contributed by atoms with van der Waals surface area (Å²) in [7, 11) is 4.61. The molecule has 0 radical (unpaired) electrons. The monoisotopic (exact) mass is 460 g/mol. The maximum atomic E-state index is 13.1. The van der Waals surface area contributed by atoms with Crippen LogP contribution in [0.5, 0.6) is 17.2 Å². The number of carbonyl (C=O) groups excluding carboxylic acids is 2. The summed E-state index contributed by atoms with van der Waals surface area (Å²) in [4.78, 5) is 27.2. The summed E-state index contributed by atoms with van der Waals surface area (Å²) >= 11 is 6.04. The number of rotatable bonds is 8. The highest BCUT2D eigenvalue weighted by Gasteiger charge is 2.38. The van der Waals surface area contributed by atoms with Crippen molar-refractivity contribution >= 4 is 23.6 Å². The molecular formula is C23H25ClN2O6. The van der Waals surface area contributed by atoms with Gasteiger partial charge in [0.2, 0.25) is 0 Å². The molecule has 0 bridgehead atoms. The van der Waals surface area contributed by atoms with E-state index in [2.05, 4.69) is 5.32 Å². The molecular weight excluding hydrogens is 436 g/mol. The van der Waals surface area contributed by atoms with Gasteiger partial charge in [0.1, 0.15) is 23.9 Å². The molecule has 0 aromatic heterocycles. The second kappa shape index (κ2) is 10.3. The molecule has 9 heteroatoms. The van der Waals surface area contributed by atoms with E-state index < -0.39 is 18.0 Å². The minimum absolute atomic E-state index is 0.0544. The number of urea groups is 1. The first-order valence-electron chi connectivity index (χ1n) is 9.94. The van der Waals surface area contributed by atoms with Gasteiger partial charge in [-0.15, -0.1) is 0 Å². The van der Waals surface area contributed by atoms with Crippen molar-refractivity contribution in [2.75, 3.05) is 34.5 Å². The fourth-order valence-corrected chi connectivity index (χ4v) is 3.57. The number of nitrogens with one attached hydrogen (secondary N) is 1. The Bertz CT molecular complexity index is 1040. The Morgan fingerprint density at radius 2 is 1.91 bits per heavy atom. The first kappa shape index (κ1) is 23.3. The minimum Gasteiger partial charge on any atom is -0.497 e. The second-order valence-electron chi connectivity index (χ2n) is 6.88. The molecule has 1 aliphatic rings. The Morgan fingerprint density at radius 1 is 1.12 bits per heavy atom. The van der Waals surface area contributed by atoms with Crippen molar-refractivity contribution in [1.82, 2.24) is 10.2 Å². The lowest BCUT2D eigenvalue weighted by Gasteiger charge is -2.35. The number of halogens is 1. The van der Waals surface area contributed by atoms with Gasteiger partial charge in [0.05, 0.1) is 38.1 Å². The first-order valence-corrected chi connectivity index (χ1v) is 10.3. The molecule has 1 aliphatic heterocycles. The van der Waals surface area contributed by atoms with Crippen molar-refractivity contribution in [3.05, 3.63) is 64.3 Å². The Kier molecular flexibility index (Phi) is 7.48. The van der Waals surface area contributed by atoms with Crippen LogP contribution in [0.2, 0.25) is 5.02 Å². The summed E-state index contributed by atoms with van der Waals surface area (Å²) in [6.45, 7) is 1.83. The van der Waals surface area contributed by atoms with E-state index in [0.717, 1.165) is 0 Å². The van der Waals surface area contributed by atoms with Crippen LogP contribution >= 0.6 is 11.6 Å². The quantitative estimate of drug-likeness (QED) is 0.600. The maximum Gasteiger partial charge on any atom is 0.338 e. The molecule has 1 heterocycles. The van der Waals surface area contributed by atoms with Crippen LogP contribution in [-0.2, 0) is 9.53 Å². The lowest BCUT2D eigenvalue weighted by atomic mass is 9.93. The molecule has 0 spiro atoms. The van der Waals surface area contributed by atoms with E-state index in [4.69, 9.17) is 30.5 Å². The summed E-state index contributed by atoms with van der Waals surface area (Å²) in [6.07, 6.45) is 0. The highest BCUT2D eigenvalue weighted by molar-refractivity contribution is 6.30. The second-order valence-corrected chi connectivity index (χ2v) is 7.31.